The van der Waals surface area contributed by atoms with Gasteiger partial charge in [-0.15, -0.1) is 0 Å². The average Bonchev–Trinajstić information content (AvgIpc) is 1.61. The van der Waals surface area contributed by atoms with Crippen LogP contribution < -0.4 is 5.73 Å². The van der Waals surface area contributed by atoms with Gasteiger partial charge in [0.2, 0.25) is 0 Å². The van der Waals surface area contributed by atoms with Gasteiger partial charge in [-0.25, -0.2) is 0 Å². The summed E-state index contributed by atoms with van der Waals surface area (Å²) in [6.45, 7) is 4.29. The van der Waals surface area contributed by atoms with Crippen LogP contribution in [0.5, 0.6) is 0 Å². The summed E-state index contributed by atoms with van der Waals surface area (Å²) in [5.41, 5.74) is 4.97. The zero-order valence-corrected chi connectivity index (χ0v) is 4.94. The van der Waals surface area contributed by atoms with E-state index in [1.54, 1.807) is 0 Å². The molecule has 0 amide bonds. The van der Waals surface area contributed by atoms with Crippen LogP contribution in [-0.4, -0.2) is 0 Å². The van der Waals surface area contributed by atoms with E-state index in [9.17, 15) is 0 Å². The molecule has 0 aliphatic carbocycles. The van der Waals surface area contributed by atoms with Crippen molar-refractivity contribution < 1.29 is 0 Å². The van der Waals surface area contributed by atoms with Gasteiger partial charge in [0.1, 0.15) is 0 Å². The van der Waals surface area contributed by atoms with E-state index in [-0.39, 0.29) is 0 Å². The Balaban J connectivity index is 2.97. The van der Waals surface area contributed by atoms with E-state index in [0.717, 1.165) is 6.42 Å². The quantitative estimate of drug-likeness (QED) is 0.518. The highest BCUT2D eigenvalue weighted by Gasteiger charge is 1.84. The summed E-state index contributed by atoms with van der Waals surface area (Å²) in [6.07, 6.45) is 5.36. The molecule has 41 valence electrons. The first kappa shape index (κ1) is 6.54. The molecule has 0 saturated carbocycles. The summed E-state index contributed by atoms with van der Waals surface area (Å²) < 4.78 is 0. The molecular weight excluding hydrogens is 86.1 g/mol. The molecule has 0 spiro atoms. The number of hydrogen-bond donors (Lipinski definition) is 1. The van der Waals surface area contributed by atoms with Gasteiger partial charge in [0.25, 0.3) is 0 Å². The first-order valence-corrected chi connectivity index (χ1v) is 2.55. The van der Waals surface area contributed by atoms with Crippen molar-refractivity contribution in [2.75, 3.05) is 0 Å². The topological polar surface area (TPSA) is 26.0 Å². The van der Waals surface area contributed by atoms with E-state index in [1.165, 1.54) is 0 Å². The molecule has 0 saturated heterocycles. The highest BCUT2D eigenvalue weighted by molar-refractivity contribution is 4.69. The lowest BCUT2D eigenvalue weighted by Crippen LogP contribution is -1.84. The van der Waals surface area contributed by atoms with Gasteiger partial charge in [0, 0.05) is 0 Å². The lowest BCUT2D eigenvalue weighted by Gasteiger charge is -1.93. The maximum atomic E-state index is 4.97. The number of nitrogens with two attached hydrogens (primary N) is 1. The molecule has 0 aliphatic heterocycles. The van der Waals surface area contributed by atoms with E-state index < -0.39 is 0 Å². The second-order valence-corrected chi connectivity index (χ2v) is 2.00. The van der Waals surface area contributed by atoms with Crippen molar-refractivity contribution in [2.45, 2.75) is 20.3 Å². The van der Waals surface area contributed by atoms with Crippen molar-refractivity contribution >= 4 is 0 Å². The molecule has 0 rings (SSSR count). The first-order chi connectivity index (χ1) is 3.27. The molecular formula is C6H12N. The maximum Gasteiger partial charge on any atom is 0.0504 e. The van der Waals surface area contributed by atoms with E-state index in [2.05, 4.69) is 20.0 Å². The molecule has 0 bridgehead atoms. The predicted molar refractivity (Wildman–Crippen MR) is 31.5 cm³/mol. The fraction of sp³-hybridized carbons (Fsp3) is 0.667. The molecule has 1 nitrogen and oxygen atoms in total. The second kappa shape index (κ2) is 3.72. The molecule has 1 heteroatoms. The van der Waals surface area contributed by atoms with Crippen LogP contribution in [0.15, 0.2) is 6.08 Å². The van der Waals surface area contributed by atoms with Gasteiger partial charge in [-0.1, -0.05) is 19.9 Å². The van der Waals surface area contributed by atoms with Crippen LogP contribution in [0.4, 0.5) is 0 Å². The fourth-order valence-electron chi connectivity index (χ4n) is 0.304. The zero-order valence-electron chi connectivity index (χ0n) is 4.94. The predicted octanol–water partition coefficient (Wildman–Crippen LogP) is 1.31. The smallest absolute Gasteiger partial charge is 0.0504 e. The van der Waals surface area contributed by atoms with Crippen molar-refractivity contribution in [3.63, 3.8) is 0 Å². The van der Waals surface area contributed by atoms with Crippen LogP contribution in [0.3, 0.4) is 0 Å². The van der Waals surface area contributed by atoms with Crippen molar-refractivity contribution in [3.05, 3.63) is 12.3 Å². The van der Waals surface area contributed by atoms with Gasteiger partial charge in [-0.2, -0.15) is 0 Å². The van der Waals surface area contributed by atoms with E-state index in [0.29, 0.717) is 5.92 Å². The zero-order chi connectivity index (χ0) is 5.70. The van der Waals surface area contributed by atoms with Gasteiger partial charge in [-0.05, 0) is 12.3 Å². The molecule has 0 atom stereocenters. The molecule has 2 N–H and O–H groups in total. The molecule has 0 heterocycles. The summed E-state index contributed by atoms with van der Waals surface area (Å²) >= 11 is 0. The van der Waals surface area contributed by atoms with Gasteiger partial charge >= 0.3 is 0 Å². The fourth-order valence-corrected chi connectivity index (χ4v) is 0.304. The lowest BCUT2D eigenvalue weighted by atomic mass is 10.1. The summed E-state index contributed by atoms with van der Waals surface area (Å²) in [6, 6.07) is 0. The van der Waals surface area contributed by atoms with E-state index in [1.807, 2.05) is 6.08 Å². The molecule has 0 aliphatic rings. The Morgan fingerprint density at radius 1 is 1.71 bits per heavy atom. The second-order valence-electron chi connectivity index (χ2n) is 2.00. The minimum atomic E-state index is 0.705. The van der Waals surface area contributed by atoms with Crippen LogP contribution in [0.2, 0.25) is 0 Å². The molecule has 0 aromatic carbocycles. The number of hydrogen-bond acceptors (Lipinski definition) is 1. The molecule has 0 aromatic heterocycles. The Hall–Kier alpha value is -0.460. The third kappa shape index (κ3) is 5.54. The van der Waals surface area contributed by atoms with Crippen molar-refractivity contribution in [2.24, 2.45) is 11.7 Å². The standard InChI is InChI=1S/C6H12N/c1-6(2)4-3-5-7/h3,6H,4,7H2,1-2H3. The summed E-state index contributed by atoms with van der Waals surface area (Å²) in [5.74, 6) is 0.705. The monoisotopic (exact) mass is 98.1 g/mol. The SMILES string of the molecule is CC(C)C/C=[C]/N. The van der Waals surface area contributed by atoms with Gasteiger partial charge in [0.05, 0.1) is 6.20 Å². The van der Waals surface area contributed by atoms with Crippen molar-refractivity contribution in [1.29, 1.82) is 0 Å². The minimum absolute atomic E-state index is 0.705. The molecule has 7 heavy (non-hydrogen) atoms. The Labute approximate surface area is 45.2 Å². The number of allylic oxidation sites excluding steroid dienone is 1. The summed E-state index contributed by atoms with van der Waals surface area (Å²) in [4.78, 5) is 0. The highest BCUT2D eigenvalue weighted by atomic mass is 14.5. The third-order valence-electron chi connectivity index (χ3n) is 0.707. The van der Waals surface area contributed by atoms with Crippen LogP contribution in [-0.2, 0) is 0 Å². The Kier molecular flexibility index (Phi) is 3.48. The Morgan fingerprint density at radius 2 is 2.29 bits per heavy atom. The minimum Gasteiger partial charge on any atom is -0.397 e. The highest BCUT2D eigenvalue weighted by Crippen LogP contribution is 1.97. The van der Waals surface area contributed by atoms with Gasteiger partial charge in [-0.3, -0.25) is 0 Å². The summed E-state index contributed by atoms with van der Waals surface area (Å²) in [5, 5.41) is 0. The van der Waals surface area contributed by atoms with E-state index >= 15 is 0 Å². The number of rotatable bonds is 2. The lowest BCUT2D eigenvalue weighted by molar-refractivity contribution is 0.662. The largest absolute Gasteiger partial charge is 0.397 e. The Bertz CT molecular complexity index is 55.2. The van der Waals surface area contributed by atoms with Crippen molar-refractivity contribution in [3.8, 4) is 0 Å². The van der Waals surface area contributed by atoms with Crippen LogP contribution in [0, 0.1) is 12.1 Å². The van der Waals surface area contributed by atoms with Gasteiger partial charge in [0.15, 0.2) is 0 Å². The maximum absolute atomic E-state index is 4.97. The first-order valence-electron chi connectivity index (χ1n) is 2.55. The summed E-state index contributed by atoms with van der Waals surface area (Å²) in [7, 11) is 0. The van der Waals surface area contributed by atoms with Crippen LogP contribution >= 0.6 is 0 Å². The van der Waals surface area contributed by atoms with Crippen LogP contribution in [0.1, 0.15) is 20.3 Å². The molecule has 0 fully saturated rings. The van der Waals surface area contributed by atoms with Gasteiger partial charge < -0.3 is 5.73 Å². The molecule has 0 aromatic rings. The average molecular weight is 98.2 g/mol. The van der Waals surface area contributed by atoms with Crippen molar-refractivity contribution in [1.82, 2.24) is 0 Å². The Morgan fingerprint density at radius 3 is 2.43 bits per heavy atom. The third-order valence-corrected chi connectivity index (χ3v) is 0.707. The van der Waals surface area contributed by atoms with Crippen LogP contribution in [0.25, 0.3) is 0 Å². The molecule has 1 radical (unpaired) electrons. The molecule has 0 unspecified atom stereocenters. The normalized spacial score (nSPS) is 11.3. The van der Waals surface area contributed by atoms with E-state index in [4.69, 9.17) is 5.73 Å².